The van der Waals surface area contributed by atoms with Gasteiger partial charge >= 0.3 is 6.18 Å². The summed E-state index contributed by atoms with van der Waals surface area (Å²) in [4.78, 5) is 12.2. The molecule has 2 aromatic carbocycles. The number of carbonyl (C=O) groups is 1. The van der Waals surface area contributed by atoms with E-state index in [1.807, 2.05) is 0 Å². The van der Waals surface area contributed by atoms with Crippen LogP contribution in [0.3, 0.4) is 0 Å². The molecule has 1 saturated heterocycles. The van der Waals surface area contributed by atoms with Gasteiger partial charge in [-0.25, -0.2) is 0 Å². The fourth-order valence-electron chi connectivity index (χ4n) is 3.06. The molecule has 0 bridgehead atoms. The summed E-state index contributed by atoms with van der Waals surface area (Å²) in [5.41, 5.74) is 0.115. The van der Waals surface area contributed by atoms with Crippen LogP contribution in [-0.4, -0.2) is 22.5 Å². The number of nitrogens with zero attached hydrogens (tertiary/aromatic N) is 2. The van der Waals surface area contributed by atoms with Crippen LogP contribution in [0.1, 0.15) is 16.9 Å². The zero-order valence-electron chi connectivity index (χ0n) is 16.9. The van der Waals surface area contributed by atoms with Crippen LogP contribution < -0.4 is 5.32 Å². The second-order valence-electron chi connectivity index (χ2n) is 7.09. The number of carbonyl (C=O) groups excluding carboxylic acids is 1. The van der Waals surface area contributed by atoms with Crippen molar-refractivity contribution < 1.29 is 22.4 Å². The number of benzene rings is 2. The highest BCUT2D eigenvalue weighted by molar-refractivity contribution is 8.15. The first-order valence-corrected chi connectivity index (χ1v) is 11.6. The van der Waals surface area contributed by atoms with Gasteiger partial charge < -0.3 is 9.73 Å². The molecule has 4 rings (SSSR count). The van der Waals surface area contributed by atoms with E-state index in [4.69, 9.17) is 39.2 Å². The number of furan rings is 1. The maximum absolute atomic E-state index is 13.0. The normalized spacial score (nSPS) is 17.6. The van der Waals surface area contributed by atoms with Gasteiger partial charge in [0.15, 0.2) is 5.17 Å². The summed E-state index contributed by atoms with van der Waals surface area (Å²) in [5.74, 6) is 0.175. The van der Waals surface area contributed by atoms with E-state index in [-0.39, 0.29) is 28.0 Å². The predicted molar refractivity (Wildman–Crippen MR) is 129 cm³/mol. The van der Waals surface area contributed by atoms with Crippen LogP contribution in [0, 0.1) is 0 Å². The molecule has 176 valence electrons. The van der Waals surface area contributed by atoms with Gasteiger partial charge in [0.05, 0.1) is 32.1 Å². The van der Waals surface area contributed by atoms with Crippen molar-refractivity contribution >= 4 is 63.9 Å². The molecule has 3 aromatic rings. The summed E-state index contributed by atoms with van der Waals surface area (Å²) in [6.07, 6.45) is -2.81. The molecule has 12 heteroatoms. The summed E-state index contributed by atoms with van der Waals surface area (Å²) in [6, 6.07) is 11.1. The van der Waals surface area contributed by atoms with Crippen molar-refractivity contribution in [3.05, 3.63) is 80.5 Å². The Kier molecular flexibility index (Phi) is 7.28. The highest BCUT2D eigenvalue weighted by atomic mass is 35.5. The molecule has 0 aliphatic carbocycles. The van der Waals surface area contributed by atoms with Crippen molar-refractivity contribution in [3.63, 3.8) is 0 Å². The van der Waals surface area contributed by atoms with Crippen LogP contribution in [0.4, 0.5) is 13.2 Å². The van der Waals surface area contributed by atoms with Crippen molar-refractivity contribution in [1.29, 1.82) is 0 Å². The summed E-state index contributed by atoms with van der Waals surface area (Å²) >= 11 is 19.2. The van der Waals surface area contributed by atoms with Gasteiger partial charge in [-0.3, -0.25) is 4.79 Å². The van der Waals surface area contributed by atoms with E-state index >= 15 is 0 Å². The van der Waals surface area contributed by atoms with E-state index in [1.165, 1.54) is 30.1 Å². The fourth-order valence-corrected chi connectivity index (χ4v) is 4.56. The van der Waals surface area contributed by atoms with Crippen molar-refractivity contribution in [2.45, 2.75) is 17.8 Å². The number of thioether (sulfide) groups is 1. The first-order chi connectivity index (χ1) is 16.1. The Morgan fingerprint density at radius 2 is 1.79 bits per heavy atom. The molecule has 0 spiro atoms. The van der Waals surface area contributed by atoms with Crippen LogP contribution in [-0.2, 0) is 17.4 Å². The van der Waals surface area contributed by atoms with Crippen LogP contribution in [0.15, 0.2) is 63.2 Å². The molecule has 34 heavy (non-hydrogen) atoms. The third-order valence-corrected chi connectivity index (χ3v) is 6.84. The van der Waals surface area contributed by atoms with E-state index in [1.54, 1.807) is 18.2 Å². The Labute approximate surface area is 211 Å². The van der Waals surface area contributed by atoms with Crippen molar-refractivity contribution in [2.75, 3.05) is 0 Å². The topological polar surface area (TPSA) is 67.0 Å². The Morgan fingerprint density at radius 1 is 1.03 bits per heavy atom. The van der Waals surface area contributed by atoms with E-state index in [0.717, 1.165) is 23.8 Å². The molecule has 5 nitrogen and oxygen atoms in total. The van der Waals surface area contributed by atoms with Crippen molar-refractivity contribution in [2.24, 2.45) is 10.2 Å². The Bertz CT molecular complexity index is 1310. The van der Waals surface area contributed by atoms with Crippen LogP contribution in [0.25, 0.3) is 11.3 Å². The summed E-state index contributed by atoms with van der Waals surface area (Å²) in [5, 5.41) is 11.4. The van der Waals surface area contributed by atoms with Gasteiger partial charge in [0, 0.05) is 5.56 Å². The molecule has 1 aliphatic rings. The van der Waals surface area contributed by atoms with Crippen LogP contribution in [0.2, 0.25) is 15.1 Å². The Morgan fingerprint density at radius 3 is 2.53 bits per heavy atom. The molecule has 2 heterocycles. The van der Waals surface area contributed by atoms with Gasteiger partial charge in [0.1, 0.15) is 11.5 Å². The molecule has 1 aliphatic heterocycles. The minimum atomic E-state index is -4.51. The lowest BCUT2D eigenvalue weighted by atomic mass is 10.1. The number of halogens is 6. The highest BCUT2D eigenvalue weighted by Crippen LogP contribution is 2.36. The zero-order chi connectivity index (χ0) is 24.5. The molecule has 1 fully saturated rings. The fraction of sp³-hybridized carbons (Fsp3) is 0.136. The van der Waals surface area contributed by atoms with Crippen molar-refractivity contribution in [1.82, 2.24) is 5.32 Å². The SMILES string of the molecule is O=C1N/C(=N\N=C\c2ccc(-c3cc(C(F)(F)F)ccc3Cl)o2)SC1Cc1ccc(Cl)c(Cl)c1. The van der Waals surface area contributed by atoms with Crippen molar-refractivity contribution in [3.8, 4) is 11.3 Å². The number of amides is 1. The Balaban J connectivity index is 1.43. The quantitative estimate of drug-likeness (QED) is 0.274. The van der Waals surface area contributed by atoms with Gasteiger partial charge in [-0.15, -0.1) is 5.10 Å². The largest absolute Gasteiger partial charge is 0.455 e. The monoisotopic (exact) mass is 545 g/mol. The molecule has 1 atom stereocenters. The molecule has 1 aromatic heterocycles. The lowest BCUT2D eigenvalue weighted by Gasteiger charge is -2.08. The maximum Gasteiger partial charge on any atom is 0.416 e. The molecule has 1 amide bonds. The van der Waals surface area contributed by atoms with E-state index in [9.17, 15) is 18.0 Å². The maximum atomic E-state index is 13.0. The number of amidine groups is 1. The standard InChI is InChI=1S/C22H13Cl3F3N3O2S/c23-15-5-2-12(22(26,27)28)9-14(15)18-6-3-13(33-18)10-29-31-21-30-20(32)19(34-21)8-11-1-4-16(24)17(25)7-11/h1-7,9-10,19H,8H2,(H,30,31,32)/b29-10+. The van der Waals surface area contributed by atoms with Gasteiger partial charge in [-0.05, 0) is 54.4 Å². The second-order valence-corrected chi connectivity index (χ2v) is 9.51. The van der Waals surface area contributed by atoms with Gasteiger partial charge in [0.2, 0.25) is 5.91 Å². The number of hydrogen-bond donors (Lipinski definition) is 1. The first-order valence-electron chi connectivity index (χ1n) is 9.59. The van der Waals surface area contributed by atoms with Gasteiger partial charge in [-0.1, -0.05) is 52.6 Å². The predicted octanol–water partition coefficient (Wildman–Crippen LogP) is 7.09. The van der Waals surface area contributed by atoms with E-state index in [0.29, 0.717) is 21.6 Å². The molecule has 1 unspecified atom stereocenters. The zero-order valence-corrected chi connectivity index (χ0v) is 20.0. The van der Waals surface area contributed by atoms with Gasteiger partial charge in [-0.2, -0.15) is 18.3 Å². The average molecular weight is 547 g/mol. The summed E-state index contributed by atoms with van der Waals surface area (Å²) in [6.45, 7) is 0. The summed E-state index contributed by atoms with van der Waals surface area (Å²) in [7, 11) is 0. The van der Waals surface area contributed by atoms with E-state index in [2.05, 4.69) is 15.5 Å². The summed E-state index contributed by atoms with van der Waals surface area (Å²) < 4.78 is 44.5. The molecule has 1 N–H and O–H groups in total. The molecular formula is C22H13Cl3F3N3O2S. The minimum absolute atomic E-state index is 0.103. The molecular weight excluding hydrogens is 534 g/mol. The minimum Gasteiger partial charge on any atom is -0.455 e. The third-order valence-electron chi connectivity index (χ3n) is 4.70. The number of alkyl halides is 3. The van der Waals surface area contributed by atoms with Crippen LogP contribution in [0.5, 0.6) is 0 Å². The number of rotatable bonds is 5. The molecule has 0 saturated carbocycles. The smallest absolute Gasteiger partial charge is 0.416 e. The lowest BCUT2D eigenvalue weighted by molar-refractivity contribution is -0.137. The van der Waals surface area contributed by atoms with Gasteiger partial charge in [0.25, 0.3) is 0 Å². The van der Waals surface area contributed by atoms with Crippen LogP contribution >= 0.6 is 46.6 Å². The average Bonchev–Trinajstić information content (AvgIpc) is 3.37. The lowest BCUT2D eigenvalue weighted by Crippen LogP contribution is -2.25. The first kappa shape index (κ1) is 24.7. The molecule has 0 radical (unpaired) electrons. The third kappa shape index (κ3) is 5.78. The van der Waals surface area contributed by atoms with E-state index < -0.39 is 17.0 Å². The highest BCUT2D eigenvalue weighted by Gasteiger charge is 2.32. The number of hydrogen-bond acceptors (Lipinski definition) is 5. The number of nitrogens with one attached hydrogen (secondary N) is 1. The second kappa shape index (κ2) is 10.0. The Hall–Kier alpha value is -2.46.